The van der Waals surface area contributed by atoms with E-state index < -0.39 is 0 Å². The minimum absolute atomic E-state index is 0.243. The summed E-state index contributed by atoms with van der Waals surface area (Å²) >= 11 is 0. The van der Waals surface area contributed by atoms with Crippen molar-refractivity contribution in [1.82, 2.24) is 10.2 Å². The Bertz CT molecular complexity index is 523. The molecule has 0 unspecified atom stereocenters. The molecule has 1 heterocycles. The van der Waals surface area contributed by atoms with Gasteiger partial charge in [0.2, 0.25) is 5.91 Å². The maximum atomic E-state index is 12.0. The molecule has 1 aromatic carbocycles. The molecule has 1 saturated heterocycles. The lowest BCUT2D eigenvalue weighted by atomic mass is 9.90. The van der Waals surface area contributed by atoms with Gasteiger partial charge in [0, 0.05) is 19.5 Å². The van der Waals surface area contributed by atoms with Crippen molar-refractivity contribution in [2.75, 3.05) is 26.2 Å². The summed E-state index contributed by atoms with van der Waals surface area (Å²) in [5, 5.41) is 3.13. The average Bonchev–Trinajstić information content (AvgIpc) is 2.74. The van der Waals surface area contributed by atoms with E-state index in [9.17, 15) is 4.79 Å². The van der Waals surface area contributed by atoms with Crippen LogP contribution >= 0.6 is 0 Å². The molecule has 1 aliphatic rings. The van der Waals surface area contributed by atoms with E-state index in [0.717, 1.165) is 25.4 Å². The van der Waals surface area contributed by atoms with Gasteiger partial charge in [-0.1, -0.05) is 88.6 Å². The van der Waals surface area contributed by atoms with Crippen LogP contribution in [0.3, 0.4) is 0 Å². The van der Waals surface area contributed by atoms with E-state index in [1.165, 1.54) is 89.3 Å². The number of hydrogen-bond acceptors (Lipinski definition) is 2. The van der Waals surface area contributed by atoms with Crippen LogP contribution in [0.4, 0.5) is 0 Å². The van der Waals surface area contributed by atoms with Crippen LogP contribution in [-0.2, 0) is 11.2 Å². The van der Waals surface area contributed by atoms with Gasteiger partial charge < -0.3 is 10.2 Å². The Labute approximate surface area is 179 Å². The molecule has 1 aromatic rings. The standard InChI is InChI=1S/C26H44N2O/c1-2-3-4-5-6-7-8-9-13-16-26(29)27-19-22-28-20-17-25(18-21-28)23-24-14-11-10-12-15-24/h10-12,14-15,25H,2-9,13,16-23H2,1H3,(H,27,29). The van der Waals surface area contributed by atoms with Gasteiger partial charge in [-0.2, -0.15) is 0 Å². The van der Waals surface area contributed by atoms with E-state index in [1.54, 1.807) is 0 Å². The Morgan fingerprint density at radius 1 is 0.931 bits per heavy atom. The van der Waals surface area contributed by atoms with Gasteiger partial charge in [0.1, 0.15) is 0 Å². The Morgan fingerprint density at radius 2 is 1.55 bits per heavy atom. The number of amides is 1. The van der Waals surface area contributed by atoms with Crippen molar-refractivity contribution >= 4 is 5.91 Å². The van der Waals surface area contributed by atoms with Crippen LogP contribution in [-0.4, -0.2) is 37.0 Å². The Morgan fingerprint density at radius 3 is 2.21 bits per heavy atom. The molecule has 1 N–H and O–H groups in total. The van der Waals surface area contributed by atoms with Crippen LogP contribution in [0, 0.1) is 5.92 Å². The molecule has 164 valence electrons. The third kappa shape index (κ3) is 11.4. The Kier molecular flexibility index (Phi) is 12.8. The molecule has 29 heavy (non-hydrogen) atoms. The number of piperidine rings is 1. The van der Waals surface area contributed by atoms with Gasteiger partial charge in [-0.15, -0.1) is 0 Å². The molecule has 1 fully saturated rings. The first kappa shape index (κ1) is 23.9. The zero-order valence-corrected chi connectivity index (χ0v) is 18.8. The lowest BCUT2D eigenvalue weighted by Gasteiger charge is -2.32. The van der Waals surface area contributed by atoms with Crippen molar-refractivity contribution in [2.45, 2.75) is 90.4 Å². The molecule has 0 aliphatic carbocycles. The molecule has 0 aromatic heterocycles. The lowest BCUT2D eigenvalue weighted by molar-refractivity contribution is -0.121. The smallest absolute Gasteiger partial charge is 0.220 e. The van der Waals surface area contributed by atoms with E-state index in [-0.39, 0.29) is 5.91 Å². The van der Waals surface area contributed by atoms with E-state index >= 15 is 0 Å². The summed E-state index contributed by atoms with van der Waals surface area (Å²) in [7, 11) is 0. The minimum atomic E-state index is 0.243. The number of carbonyl (C=O) groups excluding carboxylic acids is 1. The molecule has 0 saturated carbocycles. The number of nitrogens with one attached hydrogen (secondary N) is 1. The monoisotopic (exact) mass is 400 g/mol. The first-order valence-corrected chi connectivity index (χ1v) is 12.3. The summed E-state index contributed by atoms with van der Waals surface area (Å²) in [5.41, 5.74) is 1.47. The zero-order chi connectivity index (χ0) is 20.6. The van der Waals surface area contributed by atoms with Crippen LogP contribution in [0.2, 0.25) is 0 Å². The SMILES string of the molecule is CCCCCCCCCCCC(=O)NCCN1CCC(Cc2ccccc2)CC1. The summed E-state index contributed by atoms with van der Waals surface area (Å²) in [4.78, 5) is 14.5. The number of likely N-dealkylation sites (tertiary alicyclic amines) is 1. The predicted octanol–water partition coefficient (Wildman–Crippen LogP) is 5.98. The van der Waals surface area contributed by atoms with E-state index in [4.69, 9.17) is 0 Å². The Hall–Kier alpha value is -1.35. The van der Waals surface area contributed by atoms with Gasteiger partial charge in [-0.05, 0) is 50.3 Å². The second kappa shape index (κ2) is 15.5. The van der Waals surface area contributed by atoms with Crippen LogP contribution in [0.1, 0.15) is 89.5 Å². The molecular weight excluding hydrogens is 356 g/mol. The molecule has 2 rings (SSSR count). The predicted molar refractivity (Wildman–Crippen MR) is 124 cm³/mol. The first-order chi connectivity index (χ1) is 14.3. The second-order valence-electron chi connectivity index (χ2n) is 8.90. The van der Waals surface area contributed by atoms with Crippen molar-refractivity contribution in [3.8, 4) is 0 Å². The van der Waals surface area contributed by atoms with Crippen LogP contribution in [0.15, 0.2) is 30.3 Å². The molecule has 1 aliphatic heterocycles. The number of hydrogen-bond donors (Lipinski definition) is 1. The largest absolute Gasteiger partial charge is 0.355 e. The third-order valence-corrected chi connectivity index (χ3v) is 6.33. The number of unbranched alkanes of at least 4 members (excludes halogenated alkanes) is 8. The molecule has 0 spiro atoms. The summed E-state index contributed by atoms with van der Waals surface area (Å²) in [5.74, 6) is 1.06. The summed E-state index contributed by atoms with van der Waals surface area (Å²) in [6.45, 7) is 6.42. The number of rotatable bonds is 15. The van der Waals surface area contributed by atoms with Gasteiger partial charge in [-0.25, -0.2) is 0 Å². The number of benzene rings is 1. The molecule has 3 heteroatoms. The second-order valence-corrected chi connectivity index (χ2v) is 8.90. The normalized spacial score (nSPS) is 15.5. The average molecular weight is 401 g/mol. The highest BCUT2D eigenvalue weighted by molar-refractivity contribution is 5.75. The highest BCUT2D eigenvalue weighted by Crippen LogP contribution is 2.21. The number of nitrogens with zero attached hydrogens (tertiary/aromatic N) is 1. The molecule has 1 amide bonds. The molecular formula is C26H44N2O. The lowest BCUT2D eigenvalue weighted by Crippen LogP contribution is -2.39. The van der Waals surface area contributed by atoms with Crippen molar-refractivity contribution in [3.63, 3.8) is 0 Å². The summed E-state index contributed by atoms with van der Waals surface area (Å²) < 4.78 is 0. The highest BCUT2D eigenvalue weighted by atomic mass is 16.1. The minimum Gasteiger partial charge on any atom is -0.355 e. The van der Waals surface area contributed by atoms with Crippen LogP contribution < -0.4 is 5.32 Å². The van der Waals surface area contributed by atoms with Gasteiger partial charge in [-0.3, -0.25) is 4.79 Å². The van der Waals surface area contributed by atoms with E-state index in [2.05, 4.69) is 47.5 Å². The van der Waals surface area contributed by atoms with Crippen LogP contribution in [0.25, 0.3) is 0 Å². The fourth-order valence-corrected chi connectivity index (χ4v) is 4.40. The van der Waals surface area contributed by atoms with Gasteiger partial charge in [0.05, 0.1) is 0 Å². The van der Waals surface area contributed by atoms with Crippen LogP contribution in [0.5, 0.6) is 0 Å². The fourth-order valence-electron chi connectivity index (χ4n) is 4.40. The molecule has 0 bridgehead atoms. The van der Waals surface area contributed by atoms with Crippen molar-refractivity contribution in [3.05, 3.63) is 35.9 Å². The maximum Gasteiger partial charge on any atom is 0.220 e. The summed E-state index contributed by atoms with van der Waals surface area (Å²) in [6, 6.07) is 10.9. The van der Waals surface area contributed by atoms with Gasteiger partial charge in [0.15, 0.2) is 0 Å². The van der Waals surface area contributed by atoms with Crippen molar-refractivity contribution < 1.29 is 4.79 Å². The molecule has 0 radical (unpaired) electrons. The first-order valence-electron chi connectivity index (χ1n) is 12.3. The fraction of sp³-hybridized carbons (Fsp3) is 0.731. The highest BCUT2D eigenvalue weighted by Gasteiger charge is 2.19. The molecule has 0 atom stereocenters. The third-order valence-electron chi connectivity index (χ3n) is 6.33. The topological polar surface area (TPSA) is 32.3 Å². The van der Waals surface area contributed by atoms with E-state index in [1.807, 2.05) is 0 Å². The zero-order valence-electron chi connectivity index (χ0n) is 18.8. The van der Waals surface area contributed by atoms with Gasteiger partial charge >= 0.3 is 0 Å². The number of carbonyl (C=O) groups is 1. The summed E-state index contributed by atoms with van der Waals surface area (Å²) in [6.07, 6.45) is 16.2. The Balaban J connectivity index is 1.41. The van der Waals surface area contributed by atoms with Crippen molar-refractivity contribution in [2.24, 2.45) is 5.92 Å². The van der Waals surface area contributed by atoms with Crippen molar-refractivity contribution in [1.29, 1.82) is 0 Å². The van der Waals surface area contributed by atoms with Gasteiger partial charge in [0.25, 0.3) is 0 Å². The van der Waals surface area contributed by atoms with E-state index in [0.29, 0.717) is 6.42 Å². The quantitative estimate of drug-likeness (QED) is 0.367. The maximum absolute atomic E-state index is 12.0. The molecule has 3 nitrogen and oxygen atoms in total.